The molecular weight excluding hydrogens is 166 g/mol. The molecule has 0 saturated heterocycles. The molecule has 0 aliphatic heterocycles. The Morgan fingerprint density at radius 1 is 1.54 bits per heavy atom. The standard InChI is InChI=1S/C10H17NO2/c1-4-7-11(3)10(12)6-9-13-8-5-2/h1H,5-9H2,2-3H3. The third-order valence-corrected chi connectivity index (χ3v) is 1.56. The molecule has 0 fully saturated rings. The fourth-order valence-electron chi connectivity index (χ4n) is 0.822. The van der Waals surface area contributed by atoms with Crippen molar-refractivity contribution in [2.75, 3.05) is 26.8 Å². The van der Waals surface area contributed by atoms with Crippen molar-refractivity contribution in [1.29, 1.82) is 0 Å². The first-order valence-electron chi connectivity index (χ1n) is 4.47. The van der Waals surface area contributed by atoms with Crippen LogP contribution in [0.15, 0.2) is 0 Å². The van der Waals surface area contributed by atoms with E-state index < -0.39 is 0 Å². The summed E-state index contributed by atoms with van der Waals surface area (Å²) in [6, 6.07) is 0. The van der Waals surface area contributed by atoms with Gasteiger partial charge in [-0.3, -0.25) is 4.79 Å². The molecule has 0 atom stereocenters. The first kappa shape index (κ1) is 12.0. The number of carbonyl (C=O) groups is 1. The van der Waals surface area contributed by atoms with Crippen LogP contribution in [0.3, 0.4) is 0 Å². The highest BCUT2D eigenvalue weighted by Gasteiger charge is 2.05. The van der Waals surface area contributed by atoms with Gasteiger partial charge in [0.15, 0.2) is 0 Å². The second kappa shape index (κ2) is 7.63. The van der Waals surface area contributed by atoms with Crippen molar-refractivity contribution in [1.82, 2.24) is 4.90 Å². The molecule has 0 aliphatic rings. The normalized spacial score (nSPS) is 9.31. The van der Waals surface area contributed by atoms with Crippen LogP contribution in [0.5, 0.6) is 0 Å². The minimum Gasteiger partial charge on any atom is -0.381 e. The summed E-state index contributed by atoms with van der Waals surface area (Å²) in [4.78, 5) is 12.8. The molecule has 0 radical (unpaired) electrons. The van der Waals surface area contributed by atoms with E-state index >= 15 is 0 Å². The van der Waals surface area contributed by atoms with Crippen LogP contribution in [0.25, 0.3) is 0 Å². The van der Waals surface area contributed by atoms with E-state index in [9.17, 15) is 4.79 Å². The molecule has 13 heavy (non-hydrogen) atoms. The summed E-state index contributed by atoms with van der Waals surface area (Å²) in [5, 5.41) is 0. The third-order valence-electron chi connectivity index (χ3n) is 1.56. The molecule has 0 rings (SSSR count). The van der Waals surface area contributed by atoms with Gasteiger partial charge in [0.25, 0.3) is 0 Å². The summed E-state index contributed by atoms with van der Waals surface area (Å²) in [5.41, 5.74) is 0. The number of nitrogens with zero attached hydrogens (tertiary/aromatic N) is 1. The Kier molecular flexibility index (Phi) is 7.04. The SMILES string of the molecule is C#CCN(C)C(=O)CCOCCC. The Balaban J connectivity index is 3.45. The lowest BCUT2D eigenvalue weighted by Gasteiger charge is -2.13. The van der Waals surface area contributed by atoms with Crippen molar-refractivity contribution >= 4 is 5.91 Å². The summed E-state index contributed by atoms with van der Waals surface area (Å²) < 4.78 is 5.18. The zero-order valence-corrected chi connectivity index (χ0v) is 8.38. The van der Waals surface area contributed by atoms with E-state index in [4.69, 9.17) is 11.2 Å². The van der Waals surface area contributed by atoms with Crippen LogP contribution >= 0.6 is 0 Å². The van der Waals surface area contributed by atoms with Gasteiger partial charge in [-0.1, -0.05) is 12.8 Å². The highest BCUT2D eigenvalue weighted by Crippen LogP contribution is 1.91. The summed E-state index contributed by atoms with van der Waals surface area (Å²) in [7, 11) is 1.70. The minimum absolute atomic E-state index is 0.0362. The molecular formula is C10H17NO2. The maximum Gasteiger partial charge on any atom is 0.225 e. The van der Waals surface area contributed by atoms with Crippen LogP contribution in [0.4, 0.5) is 0 Å². The predicted octanol–water partition coefficient (Wildman–Crippen LogP) is 0.895. The lowest BCUT2D eigenvalue weighted by Crippen LogP contribution is -2.27. The van der Waals surface area contributed by atoms with Crippen LogP contribution in [-0.2, 0) is 9.53 Å². The number of hydrogen-bond acceptors (Lipinski definition) is 2. The molecule has 0 bridgehead atoms. The average molecular weight is 183 g/mol. The first-order valence-corrected chi connectivity index (χ1v) is 4.47. The summed E-state index contributed by atoms with van der Waals surface area (Å²) in [6.07, 6.45) is 6.46. The minimum atomic E-state index is 0.0362. The zero-order valence-electron chi connectivity index (χ0n) is 8.38. The average Bonchev–Trinajstić information content (AvgIpc) is 2.12. The van der Waals surface area contributed by atoms with Crippen LogP contribution in [0.1, 0.15) is 19.8 Å². The Morgan fingerprint density at radius 3 is 2.77 bits per heavy atom. The smallest absolute Gasteiger partial charge is 0.225 e. The van der Waals surface area contributed by atoms with Gasteiger partial charge < -0.3 is 9.64 Å². The van der Waals surface area contributed by atoms with E-state index in [0.717, 1.165) is 6.42 Å². The molecule has 1 amide bonds. The van der Waals surface area contributed by atoms with Gasteiger partial charge in [0.2, 0.25) is 5.91 Å². The number of ether oxygens (including phenoxy) is 1. The van der Waals surface area contributed by atoms with E-state index in [-0.39, 0.29) is 5.91 Å². The largest absolute Gasteiger partial charge is 0.381 e. The molecule has 0 spiro atoms. The first-order chi connectivity index (χ1) is 6.22. The number of carbonyl (C=O) groups excluding carboxylic acids is 1. The van der Waals surface area contributed by atoms with Gasteiger partial charge in [-0.2, -0.15) is 0 Å². The van der Waals surface area contributed by atoms with E-state index in [1.54, 1.807) is 7.05 Å². The van der Waals surface area contributed by atoms with Gasteiger partial charge in [0.05, 0.1) is 19.6 Å². The maximum absolute atomic E-state index is 11.2. The van der Waals surface area contributed by atoms with Gasteiger partial charge in [-0.25, -0.2) is 0 Å². The number of terminal acetylenes is 1. The molecule has 0 aromatic heterocycles. The van der Waals surface area contributed by atoms with Gasteiger partial charge in [0.1, 0.15) is 0 Å². The van der Waals surface area contributed by atoms with Gasteiger partial charge in [0, 0.05) is 13.7 Å². The lowest BCUT2D eigenvalue weighted by molar-refractivity contribution is -0.130. The number of amides is 1. The molecule has 0 aliphatic carbocycles. The van der Waals surface area contributed by atoms with E-state index in [2.05, 4.69) is 5.92 Å². The second-order valence-electron chi connectivity index (χ2n) is 2.82. The topological polar surface area (TPSA) is 29.5 Å². The Morgan fingerprint density at radius 2 is 2.23 bits per heavy atom. The molecule has 0 aromatic carbocycles. The Labute approximate surface area is 80.1 Å². The van der Waals surface area contributed by atoms with E-state index in [1.807, 2.05) is 6.92 Å². The van der Waals surface area contributed by atoms with Gasteiger partial charge in [-0.05, 0) is 6.42 Å². The van der Waals surface area contributed by atoms with Crippen LogP contribution < -0.4 is 0 Å². The second-order valence-corrected chi connectivity index (χ2v) is 2.82. The van der Waals surface area contributed by atoms with Gasteiger partial charge >= 0.3 is 0 Å². The van der Waals surface area contributed by atoms with Crippen molar-refractivity contribution in [2.24, 2.45) is 0 Å². The molecule has 0 N–H and O–H groups in total. The molecule has 3 heteroatoms. The lowest BCUT2D eigenvalue weighted by atomic mass is 10.4. The maximum atomic E-state index is 11.2. The summed E-state index contributed by atoms with van der Waals surface area (Å²) in [6.45, 7) is 3.60. The van der Waals surface area contributed by atoms with Crippen molar-refractivity contribution < 1.29 is 9.53 Å². The van der Waals surface area contributed by atoms with Crippen molar-refractivity contribution in [3.63, 3.8) is 0 Å². The predicted molar refractivity (Wildman–Crippen MR) is 52.2 cm³/mol. The van der Waals surface area contributed by atoms with Crippen molar-refractivity contribution in [3.8, 4) is 12.3 Å². The summed E-state index contributed by atoms with van der Waals surface area (Å²) >= 11 is 0. The van der Waals surface area contributed by atoms with Crippen LogP contribution in [-0.4, -0.2) is 37.6 Å². The van der Waals surface area contributed by atoms with Crippen LogP contribution in [0, 0.1) is 12.3 Å². The van der Waals surface area contributed by atoms with E-state index in [0.29, 0.717) is 26.2 Å². The molecule has 0 aromatic rings. The Hall–Kier alpha value is -1.01. The highest BCUT2D eigenvalue weighted by molar-refractivity contribution is 5.76. The third kappa shape index (κ3) is 6.18. The fourth-order valence-corrected chi connectivity index (χ4v) is 0.822. The van der Waals surface area contributed by atoms with Crippen LogP contribution in [0.2, 0.25) is 0 Å². The number of rotatable bonds is 6. The highest BCUT2D eigenvalue weighted by atomic mass is 16.5. The van der Waals surface area contributed by atoms with Crippen molar-refractivity contribution in [2.45, 2.75) is 19.8 Å². The quantitative estimate of drug-likeness (QED) is 0.452. The molecule has 3 nitrogen and oxygen atoms in total. The molecule has 0 heterocycles. The van der Waals surface area contributed by atoms with Gasteiger partial charge in [-0.15, -0.1) is 6.42 Å². The Bertz CT molecular complexity index is 184. The molecule has 0 saturated carbocycles. The summed E-state index contributed by atoms with van der Waals surface area (Å²) in [5.74, 6) is 2.45. The van der Waals surface area contributed by atoms with Crippen molar-refractivity contribution in [3.05, 3.63) is 0 Å². The molecule has 74 valence electrons. The zero-order chi connectivity index (χ0) is 10.1. The van der Waals surface area contributed by atoms with E-state index in [1.165, 1.54) is 4.90 Å². The number of hydrogen-bond donors (Lipinski definition) is 0. The fraction of sp³-hybridized carbons (Fsp3) is 0.700. The monoisotopic (exact) mass is 183 g/mol. The molecule has 0 unspecified atom stereocenters.